The van der Waals surface area contributed by atoms with Gasteiger partial charge in [0.1, 0.15) is 7.05 Å². The van der Waals surface area contributed by atoms with Crippen LogP contribution in [0.15, 0.2) is 30.3 Å². The summed E-state index contributed by atoms with van der Waals surface area (Å²) < 4.78 is -1.14. The van der Waals surface area contributed by atoms with Crippen LogP contribution < -0.4 is 4.65 Å². The third-order valence-corrected chi connectivity index (χ3v) is 1.63. The molecule has 0 bridgehead atoms. The number of carboxylic acid groups (broad SMARTS) is 1. The standard InChI is InChI=1S/C8H9NO3/c1-9(12,8(10)11)7-5-3-2-4-6-7/h2-6,12H,1H3/p+1. The summed E-state index contributed by atoms with van der Waals surface area (Å²) in [5.74, 6) is 0. The highest BCUT2D eigenvalue weighted by Gasteiger charge is 2.32. The zero-order valence-corrected chi connectivity index (χ0v) is 6.64. The number of para-hydroxylation sites is 1. The Bertz CT molecular complexity index is 282. The minimum Gasteiger partial charge on any atom is -0.433 e. The largest absolute Gasteiger partial charge is 0.552 e. The monoisotopic (exact) mass is 168 g/mol. The first kappa shape index (κ1) is 8.70. The minimum absolute atomic E-state index is 0.324. The van der Waals surface area contributed by atoms with Gasteiger partial charge in [0.25, 0.3) is 0 Å². The molecule has 0 heterocycles. The molecule has 0 saturated heterocycles. The van der Waals surface area contributed by atoms with Crippen molar-refractivity contribution in [3.8, 4) is 0 Å². The summed E-state index contributed by atoms with van der Waals surface area (Å²) in [6, 6.07) is 8.20. The molecule has 0 aliphatic heterocycles. The van der Waals surface area contributed by atoms with E-state index in [2.05, 4.69) is 0 Å². The smallest absolute Gasteiger partial charge is 0.433 e. The van der Waals surface area contributed by atoms with E-state index in [9.17, 15) is 10.0 Å². The zero-order chi connectivity index (χ0) is 9.19. The number of quaternary nitrogens is 1. The average Bonchev–Trinajstić information content (AvgIpc) is 2.06. The van der Waals surface area contributed by atoms with Crippen molar-refractivity contribution in [3.05, 3.63) is 30.3 Å². The normalized spacial score (nSPS) is 15.2. The summed E-state index contributed by atoms with van der Waals surface area (Å²) in [6.07, 6.45) is -1.30. The predicted molar refractivity (Wildman–Crippen MR) is 44.0 cm³/mol. The van der Waals surface area contributed by atoms with E-state index in [1.807, 2.05) is 0 Å². The number of rotatable bonds is 1. The molecule has 0 spiro atoms. The Morgan fingerprint density at radius 2 is 1.83 bits per heavy atom. The van der Waals surface area contributed by atoms with Gasteiger partial charge in [-0.2, -0.15) is 4.79 Å². The molecule has 1 rings (SSSR count). The van der Waals surface area contributed by atoms with Crippen LogP contribution in [0.1, 0.15) is 0 Å². The Balaban J connectivity index is 3.06. The number of hydrogen-bond acceptors (Lipinski definition) is 2. The highest BCUT2D eigenvalue weighted by molar-refractivity contribution is 5.77. The lowest BCUT2D eigenvalue weighted by Gasteiger charge is -2.17. The van der Waals surface area contributed by atoms with Crippen LogP contribution in [0.25, 0.3) is 0 Å². The van der Waals surface area contributed by atoms with Crippen molar-refractivity contribution < 1.29 is 15.1 Å². The summed E-state index contributed by atoms with van der Waals surface area (Å²) in [6.45, 7) is 0. The number of nitrogens with zero attached hydrogens (tertiary/aromatic N) is 1. The molecular formula is C8H10NO3+. The Morgan fingerprint density at radius 3 is 2.25 bits per heavy atom. The van der Waals surface area contributed by atoms with Gasteiger partial charge in [-0.25, -0.2) is 5.21 Å². The second-order valence-electron chi connectivity index (χ2n) is 2.58. The Hall–Kier alpha value is -1.39. The first-order chi connectivity index (χ1) is 5.55. The van der Waals surface area contributed by atoms with E-state index >= 15 is 0 Å². The fraction of sp³-hybridized carbons (Fsp3) is 0.125. The molecule has 0 aromatic heterocycles. The van der Waals surface area contributed by atoms with Crippen LogP contribution in [0, 0.1) is 0 Å². The number of hydrogen-bond donors (Lipinski definition) is 2. The maximum absolute atomic E-state index is 10.5. The van der Waals surface area contributed by atoms with Crippen LogP contribution in [-0.2, 0) is 0 Å². The fourth-order valence-electron chi connectivity index (χ4n) is 0.829. The molecule has 0 saturated carbocycles. The Kier molecular flexibility index (Phi) is 2.12. The van der Waals surface area contributed by atoms with E-state index in [1.54, 1.807) is 30.3 Å². The maximum atomic E-state index is 10.5. The van der Waals surface area contributed by atoms with Gasteiger partial charge in [0.15, 0.2) is 5.69 Å². The molecule has 1 amide bonds. The lowest BCUT2D eigenvalue weighted by molar-refractivity contribution is -0.0333. The first-order valence-electron chi connectivity index (χ1n) is 3.43. The molecule has 0 aliphatic rings. The SMILES string of the molecule is C[N+](O)(C(=O)O)c1ccccc1. The molecule has 0 aliphatic carbocycles. The summed E-state index contributed by atoms with van der Waals surface area (Å²) in [7, 11) is 1.19. The van der Waals surface area contributed by atoms with E-state index in [-0.39, 0.29) is 0 Å². The van der Waals surface area contributed by atoms with Crippen molar-refractivity contribution in [2.75, 3.05) is 7.05 Å². The lowest BCUT2D eigenvalue weighted by Crippen LogP contribution is -2.46. The van der Waals surface area contributed by atoms with Crippen molar-refractivity contribution >= 4 is 11.8 Å². The van der Waals surface area contributed by atoms with Gasteiger partial charge in [0.2, 0.25) is 0 Å². The van der Waals surface area contributed by atoms with E-state index in [0.717, 1.165) is 0 Å². The predicted octanol–water partition coefficient (Wildman–Crippen LogP) is 1.69. The van der Waals surface area contributed by atoms with Crippen LogP contribution in [-0.4, -0.2) is 23.5 Å². The highest BCUT2D eigenvalue weighted by atomic mass is 16.6. The summed E-state index contributed by atoms with van der Waals surface area (Å²) in [5.41, 5.74) is 0.324. The molecule has 0 fully saturated rings. The molecule has 64 valence electrons. The van der Waals surface area contributed by atoms with Gasteiger partial charge in [0.05, 0.1) is 0 Å². The molecule has 1 aromatic rings. The number of hydroxylamine groups is 2. The third kappa shape index (κ3) is 1.44. The molecule has 4 nitrogen and oxygen atoms in total. The molecule has 4 heteroatoms. The van der Waals surface area contributed by atoms with Crippen LogP contribution >= 0.6 is 0 Å². The molecule has 0 radical (unpaired) electrons. The fourth-order valence-corrected chi connectivity index (χ4v) is 0.829. The molecule has 1 unspecified atom stereocenters. The number of benzene rings is 1. The van der Waals surface area contributed by atoms with Gasteiger partial charge in [-0.05, 0) is 0 Å². The first-order valence-corrected chi connectivity index (χ1v) is 3.43. The van der Waals surface area contributed by atoms with Crippen molar-refractivity contribution in [2.24, 2.45) is 0 Å². The highest BCUT2D eigenvalue weighted by Crippen LogP contribution is 2.17. The van der Waals surface area contributed by atoms with Gasteiger partial charge in [-0.15, -0.1) is 0 Å². The zero-order valence-electron chi connectivity index (χ0n) is 6.64. The number of amides is 1. The van der Waals surface area contributed by atoms with Gasteiger partial charge in [0, 0.05) is 12.1 Å². The van der Waals surface area contributed by atoms with Crippen LogP contribution in [0.4, 0.5) is 10.5 Å². The van der Waals surface area contributed by atoms with Crippen LogP contribution in [0.5, 0.6) is 0 Å². The van der Waals surface area contributed by atoms with Gasteiger partial charge < -0.3 is 5.11 Å². The summed E-state index contributed by atoms with van der Waals surface area (Å²) in [5, 5.41) is 18.0. The third-order valence-electron chi connectivity index (χ3n) is 1.63. The topological polar surface area (TPSA) is 57.5 Å². The van der Waals surface area contributed by atoms with E-state index in [1.165, 1.54) is 7.05 Å². The second-order valence-corrected chi connectivity index (χ2v) is 2.58. The van der Waals surface area contributed by atoms with Crippen molar-refractivity contribution in [2.45, 2.75) is 0 Å². The van der Waals surface area contributed by atoms with Crippen LogP contribution in [0.2, 0.25) is 0 Å². The second kappa shape index (κ2) is 2.92. The van der Waals surface area contributed by atoms with Gasteiger partial charge in [-0.3, -0.25) is 0 Å². The maximum Gasteiger partial charge on any atom is 0.552 e. The Morgan fingerprint density at radius 1 is 1.33 bits per heavy atom. The number of carbonyl (C=O) groups is 1. The van der Waals surface area contributed by atoms with Gasteiger partial charge in [-0.1, -0.05) is 22.8 Å². The van der Waals surface area contributed by atoms with E-state index in [4.69, 9.17) is 5.11 Å². The minimum atomic E-state index is -1.30. The van der Waals surface area contributed by atoms with E-state index in [0.29, 0.717) is 5.69 Å². The van der Waals surface area contributed by atoms with Crippen molar-refractivity contribution in [3.63, 3.8) is 0 Å². The molecular weight excluding hydrogens is 158 g/mol. The molecule has 1 atom stereocenters. The average molecular weight is 168 g/mol. The summed E-state index contributed by atoms with van der Waals surface area (Å²) >= 11 is 0. The quantitative estimate of drug-likeness (QED) is 0.381. The summed E-state index contributed by atoms with van der Waals surface area (Å²) in [4.78, 5) is 10.5. The van der Waals surface area contributed by atoms with Crippen LogP contribution in [0.3, 0.4) is 0 Å². The molecule has 1 aromatic carbocycles. The van der Waals surface area contributed by atoms with Crippen molar-refractivity contribution in [1.29, 1.82) is 0 Å². The Labute approximate surface area is 69.8 Å². The van der Waals surface area contributed by atoms with E-state index < -0.39 is 10.7 Å². The van der Waals surface area contributed by atoms with Gasteiger partial charge >= 0.3 is 6.09 Å². The lowest BCUT2D eigenvalue weighted by atomic mass is 10.3. The van der Waals surface area contributed by atoms with Crippen molar-refractivity contribution in [1.82, 2.24) is 4.65 Å². The molecule has 2 N–H and O–H groups in total. The molecule has 12 heavy (non-hydrogen) atoms.